The summed E-state index contributed by atoms with van der Waals surface area (Å²) in [6.45, 7) is 3.68. The molecule has 1 aliphatic rings. The highest BCUT2D eigenvalue weighted by Crippen LogP contribution is 2.30. The second-order valence-corrected chi connectivity index (χ2v) is 7.37. The molecule has 1 aliphatic heterocycles. The Hall–Kier alpha value is -2.35. The number of piperidine rings is 1. The van der Waals surface area contributed by atoms with Gasteiger partial charge in [0.25, 0.3) is 0 Å². The Bertz CT molecular complexity index is 1210. The van der Waals surface area contributed by atoms with Gasteiger partial charge in [-0.2, -0.15) is 10.2 Å². The number of aromatic nitrogens is 4. The molecule has 1 saturated heterocycles. The van der Waals surface area contributed by atoms with Crippen molar-refractivity contribution in [3.63, 3.8) is 0 Å². The molecule has 1 aromatic carbocycles. The zero-order valence-corrected chi connectivity index (χ0v) is 17.9. The van der Waals surface area contributed by atoms with Crippen molar-refractivity contribution in [3.8, 4) is 11.1 Å². The minimum absolute atomic E-state index is 0. The Morgan fingerprint density at radius 2 is 1.67 bits per heavy atom. The first-order chi connectivity index (χ1) is 13.6. The fourth-order valence-corrected chi connectivity index (χ4v) is 3.94. The molecule has 0 amide bonds. The summed E-state index contributed by atoms with van der Waals surface area (Å²) in [6.07, 6.45) is 5.44. The zero-order chi connectivity index (χ0) is 19.3. The Balaban J connectivity index is 0.00000128. The highest BCUT2D eigenvalue weighted by atomic mass is 35.5. The minimum atomic E-state index is -0.446. The normalized spacial score (nSPS) is 14.5. The molecule has 0 aliphatic carbocycles. The van der Waals surface area contributed by atoms with Gasteiger partial charge in [-0.05, 0) is 62.7 Å². The van der Waals surface area contributed by atoms with E-state index >= 15 is 0 Å². The summed E-state index contributed by atoms with van der Waals surface area (Å²) in [5.74, 6) is -0.517. The van der Waals surface area contributed by atoms with E-state index in [2.05, 4.69) is 20.5 Å². The standard InChI is InChI=1S/C21H19F2N5.2ClH/c1-12-10-28-11-15(7-18(23)21(28)25-12)14-6-17(22)16-9-19(26-27-20(16)8-14)13-2-4-24-5-3-13;;/h6-11,13,24H,2-5H2,1H3;2*1H. The first-order valence-electron chi connectivity index (χ1n) is 9.41. The van der Waals surface area contributed by atoms with Gasteiger partial charge in [0.2, 0.25) is 0 Å². The third kappa shape index (κ3) is 3.97. The fraction of sp³-hybridized carbons (Fsp3) is 0.286. The average Bonchev–Trinajstić information content (AvgIpc) is 3.09. The lowest BCUT2D eigenvalue weighted by molar-refractivity contribution is 0.451. The van der Waals surface area contributed by atoms with E-state index in [1.165, 1.54) is 12.1 Å². The molecule has 3 aromatic heterocycles. The van der Waals surface area contributed by atoms with Crippen LogP contribution in [0.3, 0.4) is 0 Å². The monoisotopic (exact) mass is 451 g/mol. The van der Waals surface area contributed by atoms with Crippen molar-refractivity contribution in [2.45, 2.75) is 25.7 Å². The predicted octanol–water partition coefficient (Wildman–Crippen LogP) is 4.84. The van der Waals surface area contributed by atoms with Crippen LogP contribution in [0.15, 0.2) is 36.7 Å². The highest BCUT2D eigenvalue weighted by Gasteiger charge is 2.19. The van der Waals surface area contributed by atoms with Crippen LogP contribution in [0.5, 0.6) is 0 Å². The molecule has 30 heavy (non-hydrogen) atoms. The van der Waals surface area contributed by atoms with Gasteiger partial charge < -0.3 is 9.72 Å². The number of nitrogens with zero attached hydrogens (tertiary/aromatic N) is 4. The van der Waals surface area contributed by atoms with E-state index < -0.39 is 5.82 Å². The lowest BCUT2D eigenvalue weighted by Crippen LogP contribution is -2.27. The number of halogens is 4. The van der Waals surface area contributed by atoms with E-state index in [9.17, 15) is 8.78 Å². The van der Waals surface area contributed by atoms with Crippen LogP contribution in [0.1, 0.15) is 30.1 Å². The second-order valence-electron chi connectivity index (χ2n) is 7.37. The number of rotatable bonds is 2. The molecule has 0 spiro atoms. The van der Waals surface area contributed by atoms with Gasteiger partial charge in [0.05, 0.1) is 16.9 Å². The van der Waals surface area contributed by atoms with Crippen LogP contribution in [-0.4, -0.2) is 32.7 Å². The van der Waals surface area contributed by atoms with Crippen LogP contribution in [0.2, 0.25) is 0 Å². The van der Waals surface area contributed by atoms with Crippen LogP contribution in [0.25, 0.3) is 27.7 Å². The lowest BCUT2D eigenvalue weighted by atomic mass is 9.93. The van der Waals surface area contributed by atoms with Crippen LogP contribution in [0.4, 0.5) is 8.78 Å². The van der Waals surface area contributed by atoms with Gasteiger partial charge in [0, 0.05) is 29.3 Å². The summed E-state index contributed by atoms with van der Waals surface area (Å²) < 4.78 is 30.9. The Labute approximate surface area is 184 Å². The molecular weight excluding hydrogens is 431 g/mol. The first kappa shape index (κ1) is 22.3. The number of fused-ring (bicyclic) bond motifs is 2. The van der Waals surface area contributed by atoms with E-state index in [1.807, 2.05) is 0 Å². The molecular formula is C21H21Cl2F2N5. The van der Waals surface area contributed by atoms with Gasteiger partial charge in [0.1, 0.15) is 5.82 Å². The SMILES string of the molecule is Cc1cn2cc(-c3cc(F)c4cc(C5CCNCC5)nnc4c3)cc(F)c2n1.Cl.Cl. The number of nitrogens with one attached hydrogen (secondary N) is 1. The van der Waals surface area contributed by atoms with Gasteiger partial charge in [-0.25, -0.2) is 13.8 Å². The first-order valence-corrected chi connectivity index (χ1v) is 9.41. The van der Waals surface area contributed by atoms with Crippen LogP contribution in [0, 0.1) is 18.6 Å². The van der Waals surface area contributed by atoms with Crippen molar-refractivity contribution in [1.82, 2.24) is 24.9 Å². The topological polar surface area (TPSA) is 55.1 Å². The van der Waals surface area contributed by atoms with Crippen molar-refractivity contribution in [2.24, 2.45) is 0 Å². The third-order valence-corrected chi connectivity index (χ3v) is 5.39. The molecule has 9 heteroatoms. The van der Waals surface area contributed by atoms with E-state index in [0.29, 0.717) is 27.9 Å². The molecule has 1 N–H and O–H groups in total. The Morgan fingerprint density at radius 1 is 0.933 bits per heavy atom. The number of aryl methyl sites for hydroxylation is 1. The summed E-state index contributed by atoms with van der Waals surface area (Å²) in [6, 6.07) is 6.36. The molecule has 4 aromatic rings. The van der Waals surface area contributed by atoms with Gasteiger partial charge >= 0.3 is 0 Å². The van der Waals surface area contributed by atoms with Crippen LogP contribution < -0.4 is 5.32 Å². The molecule has 0 unspecified atom stereocenters. The largest absolute Gasteiger partial charge is 0.317 e. The van der Waals surface area contributed by atoms with Gasteiger partial charge in [-0.3, -0.25) is 0 Å². The fourth-order valence-electron chi connectivity index (χ4n) is 3.94. The van der Waals surface area contributed by atoms with Crippen molar-refractivity contribution >= 4 is 41.4 Å². The van der Waals surface area contributed by atoms with E-state index in [4.69, 9.17) is 0 Å². The molecule has 5 rings (SSSR count). The van der Waals surface area contributed by atoms with Gasteiger partial charge in [-0.1, -0.05) is 0 Å². The molecule has 4 heterocycles. The van der Waals surface area contributed by atoms with Crippen molar-refractivity contribution in [2.75, 3.05) is 13.1 Å². The smallest absolute Gasteiger partial charge is 0.173 e. The number of pyridine rings is 1. The van der Waals surface area contributed by atoms with Crippen LogP contribution in [-0.2, 0) is 0 Å². The average molecular weight is 452 g/mol. The van der Waals surface area contributed by atoms with Crippen LogP contribution >= 0.6 is 24.8 Å². The number of imidazole rings is 1. The minimum Gasteiger partial charge on any atom is -0.317 e. The summed E-state index contributed by atoms with van der Waals surface area (Å²) in [5.41, 5.74) is 3.40. The quantitative estimate of drug-likeness (QED) is 0.473. The maximum absolute atomic E-state index is 14.9. The van der Waals surface area contributed by atoms with E-state index in [-0.39, 0.29) is 36.3 Å². The molecule has 158 valence electrons. The second kappa shape index (κ2) is 8.79. The third-order valence-electron chi connectivity index (χ3n) is 5.39. The summed E-state index contributed by atoms with van der Waals surface area (Å²) in [7, 11) is 0. The van der Waals surface area contributed by atoms with E-state index in [0.717, 1.165) is 37.3 Å². The van der Waals surface area contributed by atoms with Crippen molar-refractivity contribution in [3.05, 3.63) is 59.7 Å². The molecule has 0 saturated carbocycles. The maximum atomic E-state index is 14.9. The zero-order valence-electron chi connectivity index (χ0n) is 16.2. The summed E-state index contributed by atoms with van der Waals surface area (Å²) >= 11 is 0. The number of hydrogen-bond acceptors (Lipinski definition) is 4. The van der Waals surface area contributed by atoms with E-state index in [1.54, 1.807) is 35.9 Å². The highest BCUT2D eigenvalue weighted by molar-refractivity contribution is 5.86. The maximum Gasteiger partial charge on any atom is 0.173 e. The molecule has 1 fully saturated rings. The Kier molecular flexibility index (Phi) is 6.55. The van der Waals surface area contributed by atoms with Gasteiger partial charge in [0.15, 0.2) is 11.5 Å². The summed E-state index contributed by atoms with van der Waals surface area (Å²) in [5, 5.41) is 12.4. The molecule has 0 atom stereocenters. The molecule has 0 bridgehead atoms. The Morgan fingerprint density at radius 3 is 2.43 bits per heavy atom. The number of benzene rings is 1. The lowest BCUT2D eigenvalue weighted by Gasteiger charge is -2.21. The predicted molar refractivity (Wildman–Crippen MR) is 118 cm³/mol. The molecule has 0 radical (unpaired) electrons. The van der Waals surface area contributed by atoms with Crippen molar-refractivity contribution < 1.29 is 8.78 Å². The van der Waals surface area contributed by atoms with Crippen molar-refractivity contribution in [1.29, 1.82) is 0 Å². The summed E-state index contributed by atoms with van der Waals surface area (Å²) in [4.78, 5) is 4.16. The molecule has 5 nitrogen and oxygen atoms in total. The van der Waals surface area contributed by atoms with Gasteiger partial charge in [-0.15, -0.1) is 24.8 Å². The number of hydrogen-bond donors (Lipinski definition) is 1.